The first kappa shape index (κ1) is 15.1. The number of carbonyl (C=O) groups excluding carboxylic acids is 1. The van der Waals surface area contributed by atoms with Crippen molar-refractivity contribution in [2.24, 2.45) is 0 Å². The zero-order valence-electron chi connectivity index (χ0n) is 12.7. The number of rotatable bonds is 4. The Morgan fingerprint density at radius 1 is 1.14 bits per heavy atom. The van der Waals surface area contributed by atoms with Gasteiger partial charge in [0.15, 0.2) is 0 Å². The predicted molar refractivity (Wildman–Crippen MR) is 84.5 cm³/mol. The quantitative estimate of drug-likeness (QED) is 0.897. The predicted octanol–water partition coefficient (Wildman–Crippen LogP) is 3.75. The van der Waals surface area contributed by atoms with Gasteiger partial charge >= 0.3 is 0 Å². The van der Waals surface area contributed by atoms with Crippen LogP contribution in [-0.4, -0.2) is 11.0 Å². The van der Waals surface area contributed by atoms with Gasteiger partial charge in [-0.15, -0.1) is 0 Å². The lowest BCUT2D eigenvalue weighted by Crippen LogP contribution is -2.23. The van der Waals surface area contributed by atoms with E-state index in [0.29, 0.717) is 23.6 Å². The van der Waals surface area contributed by atoms with E-state index in [1.807, 2.05) is 12.1 Å². The van der Waals surface area contributed by atoms with Crippen LogP contribution in [0, 0.1) is 6.92 Å². The maximum Gasteiger partial charge on any atom is 0.255 e. The second-order valence-corrected chi connectivity index (χ2v) is 5.55. The number of benzene rings is 2. The van der Waals surface area contributed by atoms with E-state index in [2.05, 4.69) is 31.3 Å². The van der Waals surface area contributed by atoms with E-state index in [1.165, 1.54) is 5.56 Å². The molecule has 0 heterocycles. The summed E-state index contributed by atoms with van der Waals surface area (Å²) in [5, 5.41) is 12.7. The molecule has 2 aromatic rings. The second-order valence-electron chi connectivity index (χ2n) is 5.55. The van der Waals surface area contributed by atoms with Gasteiger partial charge in [-0.3, -0.25) is 4.79 Å². The molecule has 0 saturated heterocycles. The standard InChI is InChI=1S/C18H21NO2/c1-12(2)15-9-7-14(8-10-15)11-19-18(21)16-6-4-5-13(3)17(16)20/h4-10,12,20H,11H2,1-3H3,(H,19,21). The molecule has 0 aliphatic carbocycles. The fourth-order valence-electron chi connectivity index (χ4n) is 2.14. The van der Waals surface area contributed by atoms with Crippen LogP contribution in [0.1, 0.15) is 46.8 Å². The van der Waals surface area contributed by atoms with E-state index < -0.39 is 0 Å². The molecule has 0 saturated carbocycles. The topological polar surface area (TPSA) is 49.3 Å². The molecule has 110 valence electrons. The minimum absolute atomic E-state index is 0.0464. The van der Waals surface area contributed by atoms with Crippen LogP contribution < -0.4 is 5.32 Å². The van der Waals surface area contributed by atoms with E-state index in [-0.39, 0.29) is 11.7 Å². The van der Waals surface area contributed by atoms with Crippen molar-refractivity contribution in [2.45, 2.75) is 33.2 Å². The van der Waals surface area contributed by atoms with Crippen molar-refractivity contribution in [3.63, 3.8) is 0 Å². The summed E-state index contributed by atoms with van der Waals surface area (Å²) in [5.41, 5.74) is 3.33. The largest absolute Gasteiger partial charge is 0.507 e. The Labute approximate surface area is 125 Å². The highest BCUT2D eigenvalue weighted by atomic mass is 16.3. The Morgan fingerprint density at radius 2 is 1.81 bits per heavy atom. The molecule has 2 rings (SSSR count). The van der Waals surface area contributed by atoms with E-state index in [1.54, 1.807) is 25.1 Å². The molecule has 2 N–H and O–H groups in total. The highest BCUT2D eigenvalue weighted by Gasteiger charge is 2.11. The molecule has 0 aromatic heterocycles. The molecule has 0 bridgehead atoms. The molecule has 2 aromatic carbocycles. The highest BCUT2D eigenvalue weighted by molar-refractivity contribution is 5.97. The van der Waals surface area contributed by atoms with Gasteiger partial charge in [-0.25, -0.2) is 0 Å². The van der Waals surface area contributed by atoms with Crippen LogP contribution in [-0.2, 0) is 6.54 Å². The zero-order valence-corrected chi connectivity index (χ0v) is 12.7. The SMILES string of the molecule is Cc1cccc(C(=O)NCc2ccc(C(C)C)cc2)c1O. The van der Waals surface area contributed by atoms with Gasteiger partial charge in [0, 0.05) is 6.54 Å². The molecule has 0 aliphatic heterocycles. The minimum atomic E-state index is -0.260. The summed E-state index contributed by atoms with van der Waals surface area (Å²) in [6.07, 6.45) is 0. The number of para-hydroxylation sites is 1. The highest BCUT2D eigenvalue weighted by Crippen LogP contribution is 2.21. The van der Waals surface area contributed by atoms with Crippen LogP contribution in [0.2, 0.25) is 0 Å². The molecule has 21 heavy (non-hydrogen) atoms. The zero-order chi connectivity index (χ0) is 15.4. The fourth-order valence-corrected chi connectivity index (χ4v) is 2.14. The molecular formula is C18H21NO2. The Morgan fingerprint density at radius 3 is 2.43 bits per heavy atom. The van der Waals surface area contributed by atoms with Crippen molar-refractivity contribution < 1.29 is 9.90 Å². The third kappa shape index (κ3) is 3.63. The normalized spacial score (nSPS) is 10.7. The fraction of sp³-hybridized carbons (Fsp3) is 0.278. The van der Waals surface area contributed by atoms with Crippen molar-refractivity contribution in [3.8, 4) is 5.75 Å². The number of aromatic hydroxyl groups is 1. The molecule has 0 radical (unpaired) electrons. The summed E-state index contributed by atoms with van der Waals surface area (Å²) in [6.45, 7) is 6.52. The molecule has 0 atom stereocenters. The number of nitrogens with one attached hydrogen (secondary N) is 1. The average Bonchev–Trinajstić information content (AvgIpc) is 2.48. The van der Waals surface area contributed by atoms with Gasteiger partial charge in [0.25, 0.3) is 5.91 Å². The smallest absolute Gasteiger partial charge is 0.255 e. The number of aryl methyl sites for hydroxylation is 1. The van der Waals surface area contributed by atoms with Gasteiger partial charge < -0.3 is 10.4 Å². The first-order valence-corrected chi connectivity index (χ1v) is 7.14. The molecule has 0 unspecified atom stereocenters. The summed E-state index contributed by atoms with van der Waals surface area (Å²) < 4.78 is 0. The number of hydrogen-bond acceptors (Lipinski definition) is 2. The van der Waals surface area contributed by atoms with Gasteiger partial charge in [0.05, 0.1) is 5.56 Å². The third-order valence-corrected chi connectivity index (χ3v) is 3.58. The number of carbonyl (C=O) groups is 1. The lowest BCUT2D eigenvalue weighted by atomic mass is 10.0. The molecule has 1 amide bonds. The number of phenols is 1. The lowest BCUT2D eigenvalue weighted by molar-refractivity contribution is 0.0948. The maximum atomic E-state index is 12.1. The summed E-state index contributed by atoms with van der Waals surface area (Å²) in [7, 11) is 0. The summed E-state index contributed by atoms with van der Waals surface area (Å²) in [4.78, 5) is 12.1. The van der Waals surface area contributed by atoms with Gasteiger partial charge in [-0.1, -0.05) is 50.2 Å². The molecule has 3 heteroatoms. The number of phenolic OH excluding ortho intramolecular Hbond substituents is 1. The summed E-state index contributed by atoms with van der Waals surface area (Å²) >= 11 is 0. The van der Waals surface area contributed by atoms with Crippen LogP contribution in [0.5, 0.6) is 5.75 Å². The summed E-state index contributed by atoms with van der Waals surface area (Å²) in [6, 6.07) is 13.4. The van der Waals surface area contributed by atoms with Crippen molar-refractivity contribution in [2.75, 3.05) is 0 Å². The number of hydrogen-bond donors (Lipinski definition) is 2. The Balaban J connectivity index is 2.02. The van der Waals surface area contributed by atoms with Crippen LogP contribution in [0.3, 0.4) is 0 Å². The molecule has 0 spiro atoms. The second kappa shape index (κ2) is 6.44. The average molecular weight is 283 g/mol. The Kier molecular flexibility index (Phi) is 4.63. The van der Waals surface area contributed by atoms with Crippen LogP contribution in [0.25, 0.3) is 0 Å². The van der Waals surface area contributed by atoms with Gasteiger partial charge in [0.2, 0.25) is 0 Å². The Bertz CT molecular complexity index is 630. The summed E-state index contributed by atoms with van der Waals surface area (Å²) in [5.74, 6) is 0.284. The van der Waals surface area contributed by atoms with Gasteiger partial charge in [-0.05, 0) is 35.6 Å². The van der Waals surface area contributed by atoms with E-state index in [4.69, 9.17) is 0 Å². The van der Waals surface area contributed by atoms with Crippen molar-refractivity contribution in [3.05, 3.63) is 64.7 Å². The van der Waals surface area contributed by atoms with E-state index >= 15 is 0 Å². The van der Waals surface area contributed by atoms with Gasteiger partial charge in [-0.2, -0.15) is 0 Å². The monoisotopic (exact) mass is 283 g/mol. The third-order valence-electron chi connectivity index (χ3n) is 3.58. The van der Waals surface area contributed by atoms with Gasteiger partial charge in [0.1, 0.15) is 5.75 Å². The molecular weight excluding hydrogens is 262 g/mol. The van der Waals surface area contributed by atoms with Crippen LogP contribution >= 0.6 is 0 Å². The molecule has 3 nitrogen and oxygen atoms in total. The lowest BCUT2D eigenvalue weighted by Gasteiger charge is -2.10. The van der Waals surface area contributed by atoms with Crippen molar-refractivity contribution in [1.29, 1.82) is 0 Å². The minimum Gasteiger partial charge on any atom is -0.507 e. The maximum absolute atomic E-state index is 12.1. The van der Waals surface area contributed by atoms with Crippen molar-refractivity contribution in [1.82, 2.24) is 5.32 Å². The van der Waals surface area contributed by atoms with Crippen LogP contribution in [0.4, 0.5) is 0 Å². The molecule has 0 fully saturated rings. The van der Waals surface area contributed by atoms with E-state index in [9.17, 15) is 9.90 Å². The first-order valence-electron chi connectivity index (χ1n) is 7.14. The first-order chi connectivity index (χ1) is 9.99. The van der Waals surface area contributed by atoms with Crippen LogP contribution in [0.15, 0.2) is 42.5 Å². The molecule has 0 aliphatic rings. The van der Waals surface area contributed by atoms with Crippen molar-refractivity contribution >= 4 is 5.91 Å². The number of amides is 1. The van der Waals surface area contributed by atoms with E-state index in [0.717, 1.165) is 5.56 Å². The Hall–Kier alpha value is -2.29.